The molecule has 0 aromatic rings. The van der Waals surface area contributed by atoms with Gasteiger partial charge in [0.05, 0.1) is 0 Å². The van der Waals surface area contributed by atoms with E-state index in [2.05, 4.69) is 19.2 Å². The predicted molar refractivity (Wildman–Crippen MR) is 81.3 cm³/mol. The number of carbonyl (C=O) groups is 2. The van der Waals surface area contributed by atoms with Crippen LogP contribution >= 0.6 is 0 Å². The van der Waals surface area contributed by atoms with E-state index in [4.69, 9.17) is 0 Å². The first-order chi connectivity index (χ1) is 9.43. The molecule has 3 unspecified atom stereocenters. The SMILES string of the molecule is CCCCCC(C)N1C(=O)C(CC)NC(=O)C1C(C)C. The van der Waals surface area contributed by atoms with Crippen molar-refractivity contribution in [2.45, 2.75) is 84.8 Å². The highest BCUT2D eigenvalue weighted by Crippen LogP contribution is 2.23. The van der Waals surface area contributed by atoms with Gasteiger partial charge < -0.3 is 10.2 Å². The Morgan fingerprint density at radius 2 is 1.80 bits per heavy atom. The van der Waals surface area contributed by atoms with Gasteiger partial charge >= 0.3 is 0 Å². The fourth-order valence-electron chi connectivity index (χ4n) is 2.98. The second-order valence-electron chi connectivity index (χ2n) is 6.25. The number of unbranched alkanes of at least 4 members (excludes halogenated alkanes) is 2. The second-order valence-corrected chi connectivity index (χ2v) is 6.25. The Labute approximate surface area is 123 Å². The Morgan fingerprint density at radius 3 is 2.30 bits per heavy atom. The number of hydrogen-bond donors (Lipinski definition) is 1. The fraction of sp³-hybridized carbons (Fsp3) is 0.875. The third-order valence-electron chi connectivity index (χ3n) is 4.18. The van der Waals surface area contributed by atoms with Crippen LogP contribution in [0.5, 0.6) is 0 Å². The van der Waals surface area contributed by atoms with E-state index in [9.17, 15) is 9.59 Å². The van der Waals surface area contributed by atoms with E-state index < -0.39 is 0 Å². The Balaban J connectivity index is 2.87. The molecule has 0 spiro atoms. The molecule has 0 saturated carbocycles. The van der Waals surface area contributed by atoms with Gasteiger partial charge in [-0.05, 0) is 25.7 Å². The van der Waals surface area contributed by atoms with Crippen molar-refractivity contribution in [2.75, 3.05) is 0 Å². The van der Waals surface area contributed by atoms with Gasteiger partial charge in [-0.1, -0.05) is 47.0 Å². The zero-order chi connectivity index (χ0) is 15.3. The highest BCUT2D eigenvalue weighted by molar-refractivity contribution is 5.97. The summed E-state index contributed by atoms with van der Waals surface area (Å²) >= 11 is 0. The average molecular weight is 282 g/mol. The van der Waals surface area contributed by atoms with Crippen LogP contribution in [0, 0.1) is 5.92 Å². The van der Waals surface area contributed by atoms with E-state index in [1.807, 2.05) is 25.7 Å². The minimum atomic E-state index is -0.342. The molecule has 1 fully saturated rings. The van der Waals surface area contributed by atoms with E-state index in [1.165, 1.54) is 12.8 Å². The molecule has 1 N–H and O–H groups in total. The maximum atomic E-state index is 12.6. The molecule has 1 heterocycles. The zero-order valence-corrected chi connectivity index (χ0v) is 13.6. The summed E-state index contributed by atoms with van der Waals surface area (Å²) in [5.41, 5.74) is 0. The van der Waals surface area contributed by atoms with E-state index in [0.717, 1.165) is 12.8 Å². The van der Waals surface area contributed by atoms with Gasteiger partial charge in [-0.25, -0.2) is 0 Å². The van der Waals surface area contributed by atoms with Crippen molar-refractivity contribution in [1.82, 2.24) is 10.2 Å². The molecule has 1 aliphatic heterocycles. The number of nitrogens with zero attached hydrogens (tertiary/aromatic N) is 1. The van der Waals surface area contributed by atoms with Gasteiger partial charge in [-0.15, -0.1) is 0 Å². The van der Waals surface area contributed by atoms with Crippen LogP contribution in [-0.2, 0) is 9.59 Å². The Kier molecular flexibility index (Phi) is 6.50. The number of rotatable bonds is 7. The molecule has 0 aliphatic carbocycles. The standard InChI is InChI=1S/C16H30N2O2/c1-6-8-9-10-12(5)18-14(11(3)4)15(19)17-13(7-2)16(18)20/h11-14H,6-10H2,1-5H3,(H,17,19). The van der Waals surface area contributed by atoms with Crippen molar-refractivity contribution >= 4 is 11.8 Å². The number of nitrogens with one attached hydrogen (secondary N) is 1. The van der Waals surface area contributed by atoms with Crippen LogP contribution in [0.2, 0.25) is 0 Å². The molecule has 4 heteroatoms. The number of piperazine rings is 1. The number of hydrogen-bond acceptors (Lipinski definition) is 2. The summed E-state index contributed by atoms with van der Waals surface area (Å²) in [6.07, 6.45) is 5.11. The van der Waals surface area contributed by atoms with Crippen molar-refractivity contribution in [3.8, 4) is 0 Å². The highest BCUT2D eigenvalue weighted by atomic mass is 16.2. The summed E-state index contributed by atoms with van der Waals surface area (Å²) < 4.78 is 0. The highest BCUT2D eigenvalue weighted by Gasteiger charge is 2.42. The predicted octanol–water partition coefficient (Wildman–Crippen LogP) is 2.72. The Morgan fingerprint density at radius 1 is 1.15 bits per heavy atom. The first-order valence-electron chi connectivity index (χ1n) is 8.06. The minimum Gasteiger partial charge on any atom is -0.343 e. The minimum absolute atomic E-state index is 0.00814. The molecule has 3 atom stereocenters. The fourth-order valence-corrected chi connectivity index (χ4v) is 2.98. The molecule has 1 aliphatic rings. The van der Waals surface area contributed by atoms with Crippen LogP contribution in [0.15, 0.2) is 0 Å². The van der Waals surface area contributed by atoms with Crippen LogP contribution in [0.25, 0.3) is 0 Å². The van der Waals surface area contributed by atoms with Crippen LogP contribution in [0.4, 0.5) is 0 Å². The summed E-state index contributed by atoms with van der Waals surface area (Å²) in [4.78, 5) is 26.7. The van der Waals surface area contributed by atoms with Crippen LogP contribution in [0.1, 0.15) is 66.7 Å². The molecule has 20 heavy (non-hydrogen) atoms. The van der Waals surface area contributed by atoms with Crippen LogP contribution in [-0.4, -0.2) is 34.8 Å². The van der Waals surface area contributed by atoms with E-state index in [0.29, 0.717) is 6.42 Å². The molecule has 2 amide bonds. The second kappa shape index (κ2) is 7.65. The topological polar surface area (TPSA) is 49.4 Å². The lowest BCUT2D eigenvalue weighted by Gasteiger charge is -2.44. The van der Waals surface area contributed by atoms with Gasteiger partial charge in [0.2, 0.25) is 11.8 Å². The summed E-state index contributed by atoms with van der Waals surface area (Å²) in [7, 11) is 0. The lowest BCUT2D eigenvalue weighted by atomic mass is 9.93. The first-order valence-corrected chi connectivity index (χ1v) is 8.06. The molecule has 116 valence electrons. The monoisotopic (exact) mass is 282 g/mol. The maximum Gasteiger partial charge on any atom is 0.246 e. The zero-order valence-electron chi connectivity index (χ0n) is 13.6. The molecule has 0 bridgehead atoms. The molecule has 0 aromatic carbocycles. The van der Waals surface area contributed by atoms with Crippen molar-refractivity contribution in [2.24, 2.45) is 5.92 Å². The first kappa shape index (κ1) is 17.0. The molecule has 0 aromatic heterocycles. The van der Waals surface area contributed by atoms with Gasteiger partial charge in [-0.3, -0.25) is 9.59 Å². The smallest absolute Gasteiger partial charge is 0.246 e. The van der Waals surface area contributed by atoms with E-state index in [1.54, 1.807) is 0 Å². The van der Waals surface area contributed by atoms with Gasteiger partial charge in [0.25, 0.3) is 0 Å². The van der Waals surface area contributed by atoms with Crippen molar-refractivity contribution in [3.63, 3.8) is 0 Å². The molecule has 1 rings (SSSR count). The van der Waals surface area contributed by atoms with Crippen LogP contribution in [0.3, 0.4) is 0 Å². The summed E-state index contributed by atoms with van der Waals surface area (Å²) in [5, 5.41) is 2.87. The van der Waals surface area contributed by atoms with Crippen molar-refractivity contribution in [1.29, 1.82) is 0 Å². The van der Waals surface area contributed by atoms with E-state index >= 15 is 0 Å². The molecular weight excluding hydrogens is 252 g/mol. The van der Waals surface area contributed by atoms with Gasteiger partial charge in [0, 0.05) is 6.04 Å². The summed E-state index contributed by atoms with van der Waals surface area (Å²) in [6.45, 7) is 10.2. The van der Waals surface area contributed by atoms with Gasteiger partial charge in [-0.2, -0.15) is 0 Å². The van der Waals surface area contributed by atoms with Crippen LogP contribution < -0.4 is 5.32 Å². The molecule has 4 nitrogen and oxygen atoms in total. The normalized spacial score (nSPS) is 25.0. The summed E-state index contributed by atoms with van der Waals surface area (Å²) in [5.74, 6) is 0.244. The molecule has 0 radical (unpaired) electrons. The third kappa shape index (κ3) is 3.74. The van der Waals surface area contributed by atoms with Crippen molar-refractivity contribution < 1.29 is 9.59 Å². The molecular formula is C16H30N2O2. The van der Waals surface area contributed by atoms with Crippen molar-refractivity contribution in [3.05, 3.63) is 0 Å². The van der Waals surface area contributed by atoms with Gasteiger partial charge in [0.1, 0.15) is 12.1 Å². The largest absolute Gasteiger partial charge is 0.343 e. The Hall–Kier alpha value is -1.06. The molecule has 1 saturated heterocycles. The van der Waals surface area contributed by atoms with Gasteiger partial charge in [0.15, 0.2) is 0 Å². The quantitative estimate of drug-likeness (QED) is 0.730. The lowest BCUT2D eigenvalue weighted by Crippen LogP contribution is -2.66. The summed E-state index contributed by atoms with van der Waals surface area (Å²) in [6, 6.07) is -0.519. The lowest BCUT2D eigenvalue weighted by molar-refractivity contribution is -0.154. The maximum absolute atomic E-state index is 12.6. The number of amides is 2. The van der Waals surface area contributed by atoms with E-state index in [-0.39, 0.29) is 35.9 Å². The Bertz CT molecular complexity index is 341. The average Bonchev–Trinajstić information content (AvgIpc) is 2.40. The number of carbonyl (C=O) groups excluding carboxylic acids is 2. The third-order valence-corrected chi connectivity index (χ3v) is 4.18.